The predicted molar refractivity (Wildman–Crippen MR) is 82.3 cm³/mol. The number of carboxylic acid groups (broad SMARTS) is 1. The van der Waals surface area contributed by atoms with E-state index in [4.69, 9.17) is 0 Å². The summed E-state index contributed by atoms with van der Waals surface area (Å²) in [5.74, 6) is -0.714. The van der Waals surface area contributed by atoms with Crippen LogP contribution in [0.2, 0.25) is 0 Å². The maximum atomic E-state index is 12.4. The van der Waals surface area contributed by atoms with Crippen molar-refractivity contribution in [3.63, 3.8) is 0 Å². The first-order valence-electron chi connectivity index (χ1n) is 7.31. The van der Waals surface area contributed by atoms with Gasteiger partial charge in [0.2, 0.25) is 0 Å². The normalized spacial score (nSPS) is 18.6. The molecule has 21 heavy (non-hydrogen) atoms. The molecule has 1 aliphatic heterocycles. The molecule has 1 atom stereocenters. The molecule has 1 fully saturated rings. The van der Waals surface area contributed by atoms with Crippen LogP contribution in [0.15, 0.2) is 60.7 Å². The lowest BCUT2D eigenvalue weighted by Crippen LogP contribution is -2.45. The van der Waals surface area contributed by atoms with Crippen molar-refractivity contribution in [3.8, 4) is 0 Å². The molecule has 0 bridgehead atoms. The highest BCUT2D eigenvalue weighted by Gasteiger charge is 2.49. The van der Waals surface area contributed by atoms with Crippen LogP contribution >= 0.6 is 0 Å². The topological polar surface area (TPSA) is 49.3 Å². The van der Waals surface area contributed by atoms with Crippen molar-refractivity contribution in [1.82, 2.24) is 5.32 Å². The molecule has 2 N–H and O–H groups in total. The monoisotopic (exact) mass is 281 g/mol. The van der Waals surface area contributed by atoms with Gasteiger partial charge in [-0.25, -0.2) is 0 Å². The Balaban J connectivity index is 2.24. The fraction of sp³-hybridized carbons (Fsp3) is 0.278. The van der Waals surface area contributed by atoms with E-state index in [1.165, 1.54) is 0 Å². The number of rotatable bonds is 4. The molecule has 1 aliphatic rings. The van der Waals surface area contributed by atoms with E-state index in [2.05, 4.69) is 5.32 Å². The molecular formula is C18H19NO2. The Morgan fingerprint density at radius 1 is 1.00 bits per heavy atom. The highest BCUT2D eigenvalue weighted by atomic mass is 16.4. The van der Waals surface area contributed by atoms with Crippen LogP contribution in [0.25, 0.3) is 0 Å². The molecular weight excluding hydrogens is 262 g/mol. The zero-order valence-corrected chi connectivity index (χ0v) is 11.8. The van der Waals surface area contributed by atoms with Crippen LogP contribution in [0, 0.1) is 5.92 Å². The molecule has 1 saturated heterocycles. The summed E-state index contributed by atoms with van der Waals surface area (Å²) < 4.78 is 0. The van der Waals surface area contributed by atoms with Crippen LogP contribution in [-0.2, 0) is 10.2 Å². The third-order valence-electron chi connectivity index (χ3n) is 4.47. The quantitative estimate of drug-likeness (QED) is 0.906. The van der Waals surface area contributed by atoms with Gasteiger partial charge in [-0.15, -0.1) is 0 Å². The molecule has 0 saturated carbocycles. The van der Waals surface area contributed by atoms with Crippen molar-refractivity contribution in [2.75, 3.05) is 13.1 Å². The van der Waals surface area contributed by atoms with Gasteiger partial charge in [-0.05, 0) is 36.6 Å². The van der Waals surface area contributed by atoms with E-state index in [0.29, 0.717) is 0 Å². The average Bonchev–Trinajstić information content (AvgIpc) is 3.04. The van der Waals surface area contributed by atoms with Gasteiger partial charge in [0, 0.05) is 0 Å². The van der Waals surface area contributed by atoms with E-state index in [9.17, 15) is 9.90 Å². The van der Waals surface area contributed by atoms with Crippen LogP contribution in [-0.4, -0.2) is 24.2 Å². The molecule has 3 rings (SSSR count). The zero-order valence-electron chi connectivity index (χ0n) is 11.8. The van der Waals surface area contributed by atoms with Gasteiger partial charge in [0.25, 0.3) is 0 Å². The number of hydrogen-bond donors (Lipinski definition) is 2. The predicted octanol–water partition coefficient (Wildman–Crippen LogP) is 2.67. The molecule has 2 aromatic carbocycles. The first kappa shape index (κ1) is 13.8. The highest BCUT2D eigenvalue weighted by molar-refractivity contribution is 5.86. The van der Waals surface area contributed by atoms with E-state index in [-0.39, 0.29) is 5.92 Å². The summed E-state index contributed by atoms with van der Waals surface area (Å²) in [6.07, 6.45) is 0.871. The summed E-state index contributed by atoms with van der Waals surface area (Å²) in [6, 6.07) is 19.2. The third-order valence-corrected chi connectivity index (χ3v) is 4.47. The third kappa shape index (κ3) is 2.24. The molecule has 0 aliphatic carbocycles. The second-order valence-electron chi connectivity index (χ2n) is 5.53. The SMILES string of the molecule is O=C(O)C(c1ccccc1)(c1ccccc1)[C@@H]1CCNC1. The minimum Gasteiger partial charge on any atom is -0.480 e. The standard InChI is InChI=1S/C18H19NO2/c20-17(21)18(16-11-12-19-13-16,14-7-3-1-4-8-14)15-9-5-2-6-10-15/h1-10,16,19H,11-13H2,(H,20,21)/t16-/m1/s1. The Morgan fingerprint density at radius 3 is 1.90 bits per heavy atom. The van der Waals surface area contributed by atoms with Crippen LogP contribution in [0.4, 0.5) is 0 Å². The van der Waals surface area contributed by atoms with E-state index >= 15 is 0 Å². The first-order chi connectivity index (χ1) is 10.3. The van der Waals surface area contributed by atoms with Gasteiger partial charge in [-0.2, -0.15) is 0 Å². The van der Waals surface area contributed by atoms with Crippen LogP contribution in [0.5, 0.6) is 0 Å². The number of aliphatic carboxylic acids is 1. The molecule has 0 aromatic heterocycles. The maximum absolute atomic E-state index is 12.4. The number of carboxylic acids is 1. The summed E-state index contributed by atoms with van der Waals surface area (Å²) in [4.78, 5) is 12.4. The molecule has 3 heteroatoms. The Kier molecular flexibility index (Phi) is 3.76. The number of nitrogens with one attached hydrogen (secondary N) is 1. The highest BCUT2D eigenvalue weighted by Crippen LogP contribution is 2.42. The number of hydrogen-bond acceptors (Lipinski definition) is 2. The van der Waals surface area contributed by atoms with Gasteiger partial charge in [-0.3, -0.25) is 4.79 Å². The van der Waals surface area contributed by atoms with Gasteiger partial charge in [0.15, 0.2) is 0 Å². The molecule has 1 heterocycles. The largest absolute Gasteiger partial charge is 0.480 e. The van der Waals surface area contributed by atoms with Gasteiger partial charge in [-0.1, -0.05) is 60.7 Å². The molecule has 108 valence electrons. The average molecular weight is 281 g/mol. The molecule has 0 spiro atoms. The molecule has 0 unspecified atom stereocenters. The number of carbonyl (C=O) groups is 1. The van der Waals surface area contributed by atoms with Crippen LogP contribution < -0.4 is 5.32 Å². The Bertz CT molecular complexity index is 564. The molecule has 0 amide bonds. The van der Waals surface area contributed by atoms with E-state index in [0.717, 1.165) is 30.6 Å². The lowest BCUT2D eigenvalue weighted by molar-refractivity contribution is -0.144. The van der Waals surface area contributed by atoms with Crippen molar-refractivity contribution in [3.05, 3.63) is 71.8 Å². The summed E-state index contributed by atoms with van der Waals surface area (Å²) in [5, 5.41) is 13.5. The minimum atomic E-state index is -0.980. The maximum Gasteiger partial charge on any atom is 0.318 e. The molecule has 0 radical (unpaired) electrons. The van der Waals surface area contributed by atoms with Gasteiger partial charge < -0.3 is 10.4 Å². The second kappa shape index (κ2) is 5.70. The Morgan fingerprint density at radius 2 is 1.52 bits per heavy atom. The Labute approximate surface area is 124 Å². The zero-order chi connectivity index (χ0) is 14.7. The van der Waals surface area contributed by atoms with Crippen molar-refractivity contribution in [2.45, 2.75) is 11.8 Å². The van der Waals surface area contributed by atoms with Crippen molar-refractivity contribution >= 4 is 5.97 Å². The van der Waals surface area contributed by atoms with E-state index in [1.807, 2.05) is 60.7 Å². The minimum absolute atomic E-state index is 0.0554. The van der Waals surface area contributed by atoms with E-state index < -0.39 is 11.4 Å². The number of benzene rings is 2. The fourth-order valence-electron chi connectivity index (χ4n) is 3.49. The summed E-state index contributed by atoms with van der Waals surface area (Å²) in [6.45, 7) is 1.61. The summed E-state index contributed by atoms with van der Waals surface area (Å²) in [7, 11) is 0. The van der Waals surface area contributed by atoms with Crippen molar-refractivity contribution in [1.29, 1.82) is 0 Å². The Hall–Kier alpha value is -2.13. The lowest BCUT2D eigenvalue weighted by atomic mass is 9.65. The molecule has 2 aromatic rings. The van der Waals surface area contributed by atoms with E-state index in [1.54, 1.807) is 0 Å². The van der Waals surface area contributed by atoms with Crippen molar-refractivity contribution in [2.24, 2.45) is 5.92 Å². The molecule has 3 nitrogen and oxygen atoms in total. The van der Waals surface area contributed by atoms with Gasteiger partial charge in [0.1, 0.15) is 5.41 Å². The van der Waals surface area contributed by atoms with Crippen molar-refractivity contribution < 1.29 is 9.90 Å². The smallest absolute Gasteiger partial charge is 0.318 e. The first-order valence-corrected chi connectivity index (χ1v) is 7.31. The lowest BCUT2D eigenvalue weighted by Gasteiger charge is -2.36. The second-order valence-corrected chi connectivity index (χ2v) is 5.53. The van der Waals surface area contributed by atoms with Gasteiger partial charge >= 0.3 is 5.97 Å². The fourth-order valence-corrected chi connectivity index (χ4v) is 3.49. The van der Waals surface area contributed by atoms with Gasteiger partial charge in [0.05, 0.1) is 0 Å². The van der Waals surface area contributed by atoms with Crippen LogP contribution in [0.3, 0.4) is 0 Å². The summed E-state index contributed by atoms with van der Waals surface area (Å²) in [5.41, 5.74) is 0.737. The summed E-state index contributed by atoms with van der Waals surface area (Å²) >= 11 is 0. The van der Waals surface area contributed by atoms with Crippen LogP contribution in [0.1, 0.15) is 17.5 Å².